The highest BCUT2D eigenvalue weighted by molar-refractivity contribution is 9.10. The summed E-state index contributed by atoms with van der Waals surface area (Å²) in [6.45, 7) is 3.48. The van der Waals surface area contributed by atoms with Crippen molar-refractivity contribution >= 4 is 15.9 Å². The summed E-state index contributed by atoms with van der Waals surface area (Å²) in [5.41, 5.74) is -0.631. The second-order valence-electron chi connectivity index (χ2n) is 4.61. The standard InChI is InChI=1S/C13H17BrFNO/c1-2-9-8-16-6-5-13(9,17)11-7-10(14)3-4-12(11)15/h3-4,7,9,16-17H,2,5-6,8H2,1H3. The normalized spacial score (nSPS) is 29.3. The summed E-state index contributed by atoms with van der Waals surface area (Å²) in [6, 6.07) is 4.76. The molecule has 0 bridgehead atoms. The number of hydrogen-bond donors (Lipinski definition) is 2. The van der Waals surface area contributed by atoms with Gasteiger partial charge >= 0.3 is 0 Å². The minimum Gasteiger partial charge on any atom is -0.385 e. The summed E-state index contributed by atoms with van der Waals surface area (Å²) in [5.74, 6) is -0.267. The lowest BCUT2D eigenvalue weighted by molar-refractivity contribution is -0.0505. The van der Waals surface area contributed by atoms with Gasteiger partial charge in [-0.1, -0.05) is 22.9 Å². The van der Waals surface area contributed by atoms with E-state index in [1.807, 2.05) is 6.92 Å². The van der Waals surface area contributed by atoms with Crippen LogP contribution in [0.3, 0.4) is 0 Å². The van der Waals surface area contributed by atoms with E-state index in [1.165, 1.54) is 6.07 Å². The smallest absolute Gasteiger partial charge is 0.129 e. The van der Waals surface area contributed by atoms with Crippen molar-refractivity contribution in [1.29, 1.82) is 0 Å². The Bertz CT molecular complexity index is 412. The summed E-state index contributed by atoms with van der Waals surface area (Å²) in [5, 5.41) is 14.1. The number of piperidine rings is 1. The molecule has 1 aliphatic rings. The highest BCUT2D eigenvalue weighted by Gasteiger charge is 2.41. The van der Waals surface area contributed by atoms with E-state index < -0.39 is 5.60 Å². The summed E-state index contributed by atoms with van der Waals surface area (Å²) < 4.78 is 14.7. The van der Waals surface area contributed by atoms with Gasteiger partial charge in [0.1, 0.15) is 5.82 Å². The molecule has 2 N–H and O–H groups in total. The van der Waals surface area contributed by atoms with Crippen molar-refractivity contribution in [3.8, 4) is 0 Å². The van der Waals surface area contributed by atoms with Crippen molar-refractivity contribution in [2.45, 2.75) is 25.4 Å². The van der Waals surface area contributed by atoms with Gasteiger partial charge in [0.05, 0.1) is 5.60 Å². The van der Waals surface area contributed by atoms with Crippen LogP contribution in [0.4, 0.5) is 4.39 Å². The summed E-state index contributed by atoms with van der Waals surface area (Å²) in [6.07, 6.45) is 1.38. The van der Waals surface area contributed by atoms with Gasteiger partial charge < -0.3 is 10.4 Å². The Kier molecular flexibility index (Phi) is 3.85. The quantitative estimate of drug-likeness (QED) is 0.880. The van der Waals surface area contributed by atoms with Gasteiger partial charge in [0.15, 0.2) is 0 Å². The van der Waals surface area contributed by atoms with E-state index in [2.05, 4.69) is 21.2 Å². The Morgan fingerprint density at radius 2 is 2.35 bits per heavy atom. The predicted molar refractivity (Wildman–Crippen MR) is 69.3 cm³/mol. The molecule has 0 aliphatic carbocycles. The van der Waals surface area contributed by atoms with Crippen LogP contribution in [0.15, 0.2) is 22.7 Å². The lowest BCUT2D eigenvalue weighted by atomic mass is 9.75. The summed E-state index contributed by atoms with van der Waals surface area (Å²) in [4.78, 5) is 0. The first kappa shape index (κ1) is 13.0. The molecule has 1 aliphatic heterocycles. The van der Waals surface area contributed by atoms with Gasteiger partial charge in [-0.05, 0) is 37.6 Å². The van der Waals surface area contributed by atoms with Crippen LogP contribution in [-0.4, -0.2) is 18.2 Å². The van der Waals surface area contributed by atoms with Crippen molar-refractivity contribution in [2.75, 3.05) is 13.1 Å². The third-order valence-corrected chi connectivity index (χ3v) is 4.13. The molecule has 17 heavy (non-hydrogen) atoms. The lowest BCUT2D eigenvalue weighted by Gasteiger charge is -2.40. The molecular formula is C13H17BrFNO. The molecule has 2 unspecified atom stereocenters. The maximum absolute atomic E-state index is 13.9. The van der Waals surface area contributed by atoms with E-state index >= 15 is 0 Å². The molecular weight excluding hydrogens is 285 g/mol. The molecule has 1 fully saturated rings. The zero-order chi connectivity index (χ0) is 12.5. The summed E-state index contributed by atoms with van der Waals surface area (Å²) >= 11 is 3.34. The van der Waals surface area contributed by atoms with Gasteiger partial charge in [0.2, 0.25) is 0 Å². The Morgan fingerprint density at radius 3 is 3.06 bits per heavy atom. The molecule has 0 saturated carbocycles. The van der Waals surface area contributed by atoms with Crippen LogP contribution in [0.25, 0.3) is 0 Å². The molecule has 1 saturated heterocycles. The van der Waals surface area contributed by atoms with Crippen molar-refractivity contribution in [3.63, 3.8) is 0 Å². The molecule has 0 aromatic heterocycles. The lowest BCUT2D eigenvalue weighted by Crippen LogP contribution is -2.48. The molecule has 94 valence electrons. The van der Waals surface area contributed by atoms with E-state index in [9.17, 15) is 9.50 Å². The molecule has 1 aromatic carbocycles. The van der Waals surface area contributed by atoms with E-state index in [4.69, 9.17) is 0 Å². The topological polar surface area (TPSA) is 32.3 Å². The molecule has 2 nitrogen and oxygen atoms in total. The van der Waals surface area contributed by atoms with E-state index in [0.717, 1.165) is 24.0 Å². The number of halogens is 2. The maximum Gasteiger partial charge on any atom is 0.129 e. The number of nitrogens with one attached hydrogen (secondary N) is 1. The summed E-state index contributed by atoms with van der Waals surface area (Å²) in [7, 11) is 0. The fourth-order valence-corrected chi connectivity index (χ4v) is 2.96. The first-order valence-electron chi connectivity index (χ1n) is 5.96. The molecule has 2 rings (SSSR count). The predicted octanol–water partition coefficient (Wildman–Crippen LogP) is 2.80. The van der Waals surface area contributed by atoms with Crippen LogP contribution in [0.1, 0.15) is 25.3 Å². The van der Waals surface area contributed by atoms with E-state index in [-0.39, 0.29) is 11.7 Å². The zero-order valence-electron chi connectivity index (χ0n) is 9.84. The molecule has 0 radical (unpaired) electrons. The number of aliphatic hydroxyl groups is 1. The van der Waals surface area contributed by atoms with Crippen molar-refractivity contribution < 1.29 is 9.50 Å². The third kappa shape index (κ3) is 2.39. The van der Waals surface area contributed by atoms with Crippen LogP contribution >= 0.6 is 15.9 Å². The van der Waals surface area contributed by atoms with Crippen LogP contribution < -0.4 is 5.32 Å². The van der Waals surface area contributed by atoms with Crippen molar-refractivity contribution in [3.05, 3.63) is 34.1 Å². The second kappa shape index (κ2) is 5.04. The van der Waals surface area contributed by atoms with E-state index in [0.29, 0.717) is 12.0 Å². The van der Waals surface area contributed by atoms with Crippen LogP contribution in [-0.2, 0) is 5.60 Å². The Morgan fingerprint density at radius 1 is 1.59 bits per heavy atom. The largest absolute Gasteiger partial charge is 0.385 e. The highest BCUT2D eigenvalue weighted by atomic mass is 79.9. The minimum atomic E-state index is -1.05. The molecule has 1 aromatic rings. The SMILES string of the molecule is CCC1CNCCC1(O)c1cc(Br)ccc1F. The average Bonchev–Trinajstić information content (AvgIpc) is 2.33. The van der Waals surface area contributed by atoms with Crippen molar-refractivity contribution in [2.24, 2.45) is 5.92 Å². The van der Waals surface area contributed by atoms with Gasteiger partial charge in [-0.25, -0.2) is 4.39 Å². The third-order valence-electron chi connectivity index (χ3n) is 3.64. The zero-order valence-corrected chi connectivity index (χ0v) is 11.4. The van der Waals surface area contributed by atoms with Crippen LogP contribution in [0.2, 0.25) is 0 Å². The molecule has 2 atom stereocenters. The number of hydrogen-bond acceptors (Lipinski definition) is 2. The average molecular weight is 302 g/mol. The molecule has 0 amide bonds. The second-order valence-corrected chi connectivity index (χ2v) is 5.52. The van der Waals surface area contributed by atoms with Gasteiger partial charge in [-0.3, -0.25) is 0 Å². The highest BCUT2D eigenvalue weighted by Crippen LogP contribution is 2.39. The Hall–Kier alpha value is -0.450. The maximum atomic E-state index is 13.9. The number of benzene rings is 1. The molecule has 0 spiro atoms. The van der Waals surface area contributed by atoms with Crippen LogP contribution in [0, 0.1) is 11.7 Å². The fraction of sp³-hybridized carbons (Fsp3) is 0.538. The first-order valence-corrected chi connectivity index (χ1v) is 6.76. The molecule has 1 heterocycles. The minimum absolute atomic E-state index is 0.0556. The monoisotopic (exact) mass is 301 g/mol. The number of rotatable bonds is 2. The first-order chi connectivity index (χ1) is 8.08. The fourth-order valence-electron chi connectivity index (χ4n) is 2.59. The van der Waals surface area contributed by atoms with E-state index in [1.54, 1.807) is 12.1 Å². The van der Waals surface area contributed by atoms with Gasteiger partial charge in [-0.15, -0.1) is 0 Å². The van der Waals surface area contributed by atoms with Gasteiger partial charge in [0, 0.05) is 22.5 Å². The van der Waals surface area contributed by atoms with Crippen LogP contribution in [0.5, 0.6) is 0 Å². The molecule has 4 heteroatoms. The Balaban J connectivity index is 2.44. The van der Waals surface area contributed by atoms with Gasteiger partial charge in [0.25, 0.3) is 0 Å². The van der Waals surface area contributed by atoms with Crippen molar-refractivity contribution in [1.82, 2.24) is 5.32 Å². The van der Waals surface area contributed by atoms with Gasteiger partial charge in [-0.2, -0.15) is 0 Å². The Labute approximate surface area is 109 Å².